The molecule has 0 bridgehead atoms. The maximum absolute atomic E-state index is 5.48. The molecule has 92 valence electrons. The Balaban J connectivity index is 0.00000144. The van der Waals surface area contributed by atoms with E-state index in [9.17, 15) is 0 Å². The van der Waals surface area contributed by atoms with Gasteiger partial charge in [-0.1, -0.05) is 26.0 Å². The first-order chi connectivity index (χ1) is 7.78. The van der Waals surface area contributed by atoms with E-state index in [2.05, 4.69) is 48.5 Å². The van der Waals surface area contributed by atoms with Gasteiger partial charge < -0.3 is 5.43 Å². The molecule has 0 saturated heterocycles. The van der Waals surface area contributed by atoms with Crippen LogP contribution in [0.25, 0.3) is 10.9 Å². The van der Waals surface area contributed by atoms with Crippen LogP contribution in [-0.4, -0.2) is 4.98 Å². The lowest BCUT2D eigenvalue weighted by Crippen LogP contribution is -2.11. The normalized spacial score (nSPS) is 10.1. The standard InChI is InChI=1S/C13H17N3.ClH/c1-3-9-5-6-11-8-10(4-2)13(16-14)15-12(11)7-9;/h5-8H,3-4,14H2,1-2H3,(H,15,16);1H. The molecule has 3 N–H and O–H groups in total. The van der Waals surface area contributed by atoms with Crippen molar-refractivity contribution in [2.45, 2.75) is 26.7 Å². The molecule has 0 radical (unpaired) electrons. The summed E-state index contributed by atoms with van der Waals surface area (Å²) in [4.78, 5) is 4.54. The van der Waals surface area contributed by atoms with Crippen LogP contribution in [-0.2, 0) is 12.8 Å². The molecule has 0 spiro atoms. The summed E-state index contributed by atoms with van der Waals surface area (Å²) in [6.07, 6.45) is 1.95. The minimum Gasteiger partial charge on any atom is -0.308 e. The smallest absolute Gasteiger partial charge is 0.143 e. The minimum atomic E-state index is 0. The van der Waals surface area contributed by atoms with Gasteiger partial charge in [-0.2, -0.15) is 0 Å². The monoisotopic (exact) mass is 251 g/mol. The fourth-order valence-electron chi connectivity index (χ4n) is 1.87. The number of halogens is 1. The number of hydrogen-bond donors (Lipinski definition) is 2. The molecule has 0 amide bonds. The third-order valence-corrected chi connectivity index (χ3v) is 2.89. The molecule has 0 aliphatic carbocycles. The van der Waals surface area contributed by atoms with E-state index in [1.54, 1.807) is 0 Å². The van der Waals surface area contributed by atoms with Crippen LogP contribution in [0.2, 0.25) is 0 Å². The number of aromatic nitrogens is 1. The first-order valence-corrected chi connectivity index (χ1v) is 5.67. The number of aryl methyl sites for hydroxylation is 2. The summed E-state index contributed by atoms with van der Waals surface area (Å²) in [6.45, 7) is 4.24. The molecule has 2 rings (SSSR count). The first-order valence-electron chi connectivity index (χ1n) is 5.67. The molecule has 1 aromatic heterocycles. The van der Waals surface area contributed by atoms with Gasteiger partial charge in [0.25, 0.3) is 0 Å². The molecule has 0 unspecified atom stereocenters. The van der Waals surface area contributed by atoms with E-state index >= 15 is 0 Å². The van der Waals surface area contributed by atoms with Gasteiger partial charge in [-0.05, 0) is 36.1 Å². The van der Waals surface area contributed by atoms with Crippen molar-refractivity contribution < 1.29 is 0 Å². The van der Waals surface area contributed by atoms with Gasteiger partial charge in [-0.15, -0.1) is 12.4 Å². The van der Waals surface area contributed by atoms with E-state index in [0.717, 1.165) is 29.7 Å². The van der Waals surface area contributed by atoms with Crippen LogP contribution in [0.4, 0.5) is 5.82 Å². The highest BCUT2D eigenvalue weighted by Crippen LogP contribution is 2.21. The number of hydrogen-bond acceptors (Lipinski definition) is 3. The molecule has 0 atom stereocenters. The molecule has 0 fully saturated rings. The average molecular weight is 252 g/mol. The number of hydrazine groups is 1. The lowest BCUT2D eigenvalue weighted by Gasteiger charge is -2.08. The van der Waals surface area contributed by atoms with Crippen molar-refractivity contribution in [2.75, 3.05) is 5.43 Å². The number of fused-ring (bicyclic) bond motifs is 1. The van der Waals surface area contributed by atoms with Gasteiger partial charge in [-0.3, -0.25) is 0 Å². The van der Waals surface area contributed by atoms with Crippen molar-refractivity contribution in [1.82, 2.24) is 4.98 Å². The second-order valence-corrected chi connectivity index (χ2v) is 3.87. The Morgan fingerprint density at radius 2 is 1.94 bits per heavy atom. The number of anilines is 1. The van der Waals surface area contributed by atoms with E-state index in [-0.39, 0.29) is 12.4 Å². The van der Waals surface area contributed by atoms with Crippen molar-refractivity contribution in [3.05, 3.63) is 35.4 Å². The second kappa shape index (κ2) is 5.84. The number of benzene rings is 1. The van der Waals surface area contributed by atoms with Crippen molar-refractivity contribution in [3.8, 4) is 0 Å². The van der Waals surface area contributed by atoms with Crippen LogP contribution in [0.15, 0.2) is 24.3 Å². The summed E-state index contributed by atoms with van der Waals surface area (Å²) in [5, 5.41) is 1.17. The summed E-state index contributed by atoms with van der Waals surface area (Å²) >= 11 is 0. The van der Waals surface area contributed by atoms with Crippen molar-refractivity contribution >= 4 is 29.1 Å². The van der Waals surface area contributed by atoms with Gasteiger partial charge in [-0.25, -0.2) is 10.8 Å². The van der Waals surface area contributed by atoms with E-state index in [1.165, 1.54) is 10.9 Å². The topological polar surface area (TPSA) is 50.9 Å². The van der Waals surface area contributed by atoms with Gasteiger partial charge in [0.05, 0.1) is 5.52 Å². The lowest BCUT2D eigenvalue weighted by atomic mass is 10.1. The minimum absolute atomic E-state index is 0. The Morgan fingerprint density at radius 1 is 1.18 bits per heavy atom. The van der Waals surface area contributed by atoms with E-state index < -0.39 is 0 Å². The zero-order valence-electron chi connectivity index (χ0n) is 10.2. The van der Waals surface area contributed by atoms with Crippen molar-refractivity contribution in [1.29, 1.82) is 0 Å². The molecule has 2 aromatic rings. The highest BCUT2D eigenvalue weighted by molar-refractivity contribution is 5.85. The summed E-state index contributed by atoms with van der Waals surface area (Å²) in [7, 11) is 0. The van der Waals surface area contributed by atoms with Crippen LogP contribution in [0.3, 0.4) is 0 Å². The third kappa shape index (κ3) is 2.68. The largest absolute Gasteiger partial charge is 0.308 e. The molecule has 0 aliphatic heterocycles. The highest BCUT2D eigenvalue weighted by atomic mass is 35.5. The maximum atomic E-state index is 5.48. The van der Waals surface area contributed by atoms with Gasteiger partial charge in [0, 0.05) is 5.39 Å². The number of nitrogen functional groups attached to an aromatic ring is 1. The van der Waals surface area contributed by atoms with E-state index in [1.807, 2.05) is 0 Å². The molecule has 1 heterocycles. The Kier molecular flexibility index (Phi) is 4.73. The molecule has 0 saturated carbocycles. The number of nitrogens with one attached hydrogen (secondary N) is 1. The fraction of sp³-hybridized carbons (Fsp3) is 0.308. The van der Waals surface area contributed by atoms with Crippen LogP contribution in [0.5, 0.6) is 0 Å². The first kappa shape index (κ1) is 13.7. The van der Waals surface area contributed by atoms with Crippen molar-refractivity contribution in [3.63, 3.8) is 0 Å². The Labute approximate surface area is 108 Å². The Morgan fingerprint density at radius 3 is 2.53 bits per heavy atom. The van der Waals surface area contributed by atoms with Gasteiger partial charge in [0.1, 0.15) is 5.82 Å². The molecular weight excluding hydrogens is 234 g/mol. The van der Waals surface area contributed by atoms with Gasteiger partial charge >= 0.3 is 0 Å². The summed E-state index contributed by atoms with van der Waals surface area (Å²) < 4.78 is 0. The Bertz CT molecular complexity index is 511. The highest BCUT2D eigenvalue weighted by Gasteiger charge is 2.04. The quantitative estimate of drug-likeness (QED) is 0.651. The molecule has 17 heavy (non-hydrogen) atoms. The summed E-state index contributed by atoms with van der Waals surface area (Å²) in [5.41, 5.74) is 6.12. The number of nitrogens with zero attached hydrogens (tertiary/aromatic N) is 1. The predicted molar refractivity (Wildman–Crippen MR) is 75.6 cm³/mol. The van der Waals surface area contributed by atoms with E-state index in [4.69, 9.17) is 5.84 Å². The zero-order chi connectivity index (χ0) is 11.5. The number of rotatable bonds is 3. The zero-order valence-corrected chi connectivity index (χ0v) is 11.0. The summed E-state index contributed by atoms with van der Waals surface area (Å²) in [6, 6.07) is 8.55. The number of nitrogens with two attached hydrogens (primary N) is 1. The van der Waals surface area contributed by atoms with Crippen LogP contribution in [0.1, 0.15) is 25.0 Å². The second-order valence-electron chi connectivity index (χ2n) is 3.87. The third-order valence-electron chi connectivity index (χ3n) is 2.89. The van der Waals surface area contributed by atoms with Crippen LogP contribution in [0, 0.1) is 0 Å². The molecule has 4 heteroatoms. The molecule has 1 aromatic carbocycles. The van der Waals surface area contributed by atoms with Gasteiger partial charge in [0.15, 0.2) is 0 Å². The fourth-order valence-corrected chi connectivity index (χ4v) is 1.87. The van der Waals surface area contributed by atoms with Crippen LogP contribution < -0.4 is 11.3 Å². The average Bonchev–Trinajstić information content (AvgIpc) is 2.36. The molecule has 3 nitrogen and oxygen atoms in total. The molecule has 0 aliphatic rings. The van der Waals surface area contributed by atoms with Crippen molar-refractivity contribution in [2.24, 2.45) is 5.84 Å². The van der Waals surface area contributed by atoms with Crippen LogP contribution >= 0.6 is 12.4 Å². The SMILES string of the molecule is CCc1ccc2cc(CC)c(NN)nc2c1.Cl. The lowest BCUT2D eigenvalue weighted by molar-refractivity contribution is 1.10. The summed E-state index contributed by atoms with van der Waals surface area (Å²) in [5.74, 6) is 6.26. The van der Waals surface area contributed by atoms with E-state index in [0.29, 0.717) is 0 Å². The predicted octanol–water partition coefficient (Wildman–Crippen LogP) is 3.07. The Hall–Kier alpha value is -1.32. The van der Waals surface area contributed by atoms with Gasteiger partial charge in [0.2, 0.25) is 0 Å². The molecular formula is C13H18ClN3. The maximum Gasteiger partial charge on any atom is 0.143 e. The number of pyridine rings is 1.